The molecule has 0 aliphatic carbocycles. The van der Waals surface area contributed by atoms with E-state index in [0.29, 0.717) is 41.9 Å². The monoisotopic (exact) mass is 378 g/mol. The summed E-state index contributed by atoms with van der Waals surface area (Å²) in [5.74, 6) is -0.422. The highest BCUT2D eigenvalue weighted by Crippen LogP contribution is 2.20. The third kappa shape index (κ3) is 3.85. The fourth-order valence-electron chi connectivity index (χ4n) is 2.27. The molecule has 1 aliphatic rings. The predicted molar refractivity (Wildman–Crippen MR) is 90.8 cm³/mol. The van der Waals surface area contributed by atoms with Crippen molar-refractivity contribution in [2.45, 2.75) is 4.90 Å². The van der Waals surface area contributed by atoms with Crippen molar-refractivity contribution in [1.29, 1.82) is 5.26 Å². The molecule has 0 radical (unpaired) electrons. The number of ether oxygens (including phenoxy) is 1. The Kier molecular flexibility index (Phi) is 5.10. The fraction of sp³-hybridized carbons (Fsp3) is 0.267. The van der Waals surface area contributed by atoms with Crippen LogP contribution in [0.5, 0.6) is 0 Å². The maximum Gasteiger partial charge on any atom is 0.257 e. The lowest BCUT2D eigenvalue weighted by molar-refractivity contribution is 0.0730. The molecule has 25 heavy (non-hydrogen) atoms. The van der Waals surface area contributed by atoms with E-state index in [0.717, 1.165) is 11.3 Å². The third-order valence-electron chi connectivity index (χ3n) is 3.56. The van der Waals surface area contributed by atoms with Gasteiger partial charge < -0.3 is 4.74 Å². The Balaban J connectivity index is 1.73. The predicted octanol–water partition coefficient (Wildman–Crippen LogP) is 1.29. The average Bonchev–Trinajstić information content (AvgIpc) is 3.10. The second-order valence-corrected chi connectivity index (χ2v) is 8.11. The topological polar surface area (TPSA) is 112 Å². The zero-order valence-corrected chi connectivity index (χ0v) is 14.6. The lowest BCUT2D eigenvalue weighted by atomic mass is 10.2. The van der Waals surface area contributed by atoms with Gasteiger partial charge in [-0.1, -0.05) is 11.3 Å². The number of hydrogen-bond donors (Lipinski definition) is 1. The first kappa shape index (κ1) is 17.5. The van der Waals surface area contributed by atoms with Crippen LogP contribution in [0.4, 0.5) is 5.13 Å². The third-order valence-corrected chi connectivity index (χ3v) is 6.29. The van der Waals surface area contributed by atoms with Crippen LogP contribution >= 0.6 is 11.3 Å². The molecule has 0 saturated carbocycles. The summed E-state index contributed by atoms with van der Waals surface area (Å²) in [5, 5.41) is 11.6. The molecule has 1 aromatic heterocycles. The molecule has 8 nitrogen and oxygen atoms in total. The fourth-order valence-corrected chi connectivity index (χ4v) is 4.28. The number of nitrogens with one attached hydrogen (secondary N) is 1. The summed E-state index contributed by atoms with van der Waals surface area (Å²) < 4.78 is 31.6. The number of anilines is 1. The molecule has 0 atom stereocenters. The zero-order valence-electron chi connectivity index (χ0n) is 13.0. The lowest BCUT2D eigenvalue weighted by Gasteiger charge is -2.26. The van der Waals surface area contributed by atoms with Gasteiger partial charge in [0.05, 0.1) is 24.3 Å². The molecule has 3 rings (SSSR count). The molecule has 0 unspecified atom stereocenters. The van der Waals surface area contributed by atoms with Gasteiger partial charge in [0.1, 0.15) is 10.9 Å². The molecule has 1 aromatic carbocycles. The number of thiazole rings is 1. The maximum absolute atomic E-state index is 12.5. The summed E-state index contributed by atoms with van der Waals surface area (Å²) in [7, 11) is -3.59. The van der Waals surface area contributed by atoms with E-state index in [-0.39, 0.29) is 4.90 Å². The minimum absolute atomic E-state index is 0.131. The molecule has 1 aliphatic heterocycles. The molecule has 130 valence electrons. The highest BCUT2D eigenvalue weighted by atomic mass is 32.2. The van der Waals surface area contributed by atoms with Crippen LogP contribution in [0.1, 0.15) is 15.2 Å². The molecule has 0 spiro atoms. The van der Waals surface area contributed by atoms with Crippen molar-refractivity contribution in [1.82, 2.24) is 9.29 Å². The normalized spacial score (nSPS) is 15.5. The van der Waals surface area contributed by atoms with Crippen molar-refractivity contribution in [3.05, 3.63) is 40.9 Å². The summed E-state index contributed by atoms with van der Waals surface area (Å²) in [5.41, 5.74) is 0.301. The van der Waals surface area contributed by atoms with Gasteiger partial charge in [-0.05, 0) is 24.3 Å². The standard InChI is InChI=1S/C15H14N4O4S2/c16-9-12-10-17-15(24-12)18-14(20)11-1-3-13(4-2-11)25(21,22)19-5-7-23-8-6-19/h1-4,10H,5-8H2,(H,17,18,20). The number of nitrogens with zero attached hydrogens (tertiary/aromatic N) is 3. The van der Waals surface area contributed by atoms with Gasteiger partial charge in [-0.15, -0.1) is 0 Å². The van der Waals surface area contributed by atoms with Crippen LogP contribution in [0, 0.1) is 11.3 Å². The average molecular weight is 378 g/mol. The Labute approximate surface area is 148 Å². The Morgan fingerprint density at radius 2 is 1.96 bits per heavy atom. The van der Waals surface area contributed by atoms with Gasteiger partial charge in [0.15, 0.2) is 5.13 Å². The van der Waals surface area contributed by atoms with Crippen molar-refractivity contribution in [2.75, 3.05) is 31.6 Å². The van der Waals surface area contributed by atoms with E-state index in [1.54, 1.807) is 0 Å². The van der Waals surface area contributed by atoms with E-state index in [9.17, 15) is 13.2 Å². The summed E-state index contributed by atoms with van der Waals surface area (Å²) in [6.45, 7) is 1.38. The number of morpholine rings is 1. The van der Waals surface area contributed by atoms with Crippen LogP contribution in [0.15, 0.2) is 35.4 Å². The van der Waals surface area contributed by atoms with Gasteiger partial charge >= 0.3 is 0 Å². The molecule has 1 fully saturated rings. The number of rotatable bonds is 4. The Hall–Kier alpha value is -2.32. The Morgan fingerprint density at radius 1 is 1.28 bits per heavy atom. The second kappa shape index (κ2) is 7.28. The first-order chi connectivity index (χ1) is 12.0. The van der Waals surface area contributed by atoms with Gasteiger partial charge in [-0.25, -0.2) is 13.4 Å². The molecule has 1 amide bonds. The lowest BCUT2D eigenvalue weighted by Crippen LogP contribution is -2.40. The van der Waals surface area contributed by atoms with E-state index in [2.05, 4.69) is 10.3 Å². The zero-order chi connectivity index (χ0) is 17.9. The van der Waals surface area contributed by atoms with Gasteiger partial charge in [-0.2, -0.15) is 9.57 Å². The first-order valence-corrected chi connectivity index (χ1v) is 9.61. The molecule has 2 heterocycles. The summed E-state index contributed by atoms with van der Waals surface area (Å²) in [4.78, 5) is 16.6. The molecule has 1 N–H and O–H groups in total. The Bertz CT molecular complexity index is 910. The van der Waals surface area contributed by atoms with E-state index in [4.69, 9.17) is 10.00 Å². The first-order valence-electron chi connectivity index (χ1n) is 7.36. The smallest absolute Gasteiger partial charge is 0.257 e. The van der Waals surface area contributed by atoms with E-state index in [1.165, 1.54) is 34.8 Å². The molecule has 0 bridgehead atoms. The van der Waals surface area contributed by atoms with E-state index in [1.807, 2.05) is 6.07 Å². The number of aromatic nitrogens is 1. The van der Waals surface area contributed by atoms with E-state index < -0.39 is 15.9 Å². The summed E-state index contributed by atoms with van der Waals surface area (Å²) >= 11 is 1.06. The largest absolute Gasteiger partial charge is 0.379 e. The van der Waals surface area contributed by atoms with Crippen LogP contribution in [-0.2, 0) is 14.8 Å². The number of hydrogen-bond acceptors (Lipinski definition) is 7. The minimum atomic E-state index is -3.59. The van der Waals surface area contributed by atoms with Gasteiger partial charge in [-0.3, -0.25) is 10.1 Å². The highest BCUT2D eigenvalue weighted by molar-refractivity contribution is 7.89. The van der Waals surface area contributed by atoms with Crippen molar-refractivity contribution in [3.63, 3.8) is 0 Å². The molecule has 10 heteroatoms. The number of carbonyl (C=O) groups is 1. The van der Waals surface area contributed by atoms with Crippen LogP contribution in [-0.4, -0.2) is 49.9 Å². The number of amides is 1. The van der Waals surface area contributed by atoms with Crippen LogP contribution in [0.3, 0.4) is 0 Å². The van der Waals surface area contributed by atoms with Crippen molar-refractivity contribution in [2.24, 2.45) is 0 Å². The molecule has 1 saturated heterocycles. The van der Waals surface area contributed by atoms with Crippen LogP contribution in [0.25, 0.3) is 0 Å². The SMILES string of the molecule is N#Cc1cnc(NC(=O)c2ccc(S(=O)(=O)N3CCOCC3)cc2)s1. The van der Waals surface area contributed by atoms with Crippen LogP contribution < -0.4 is 5.32 Å². The molecule has 2 aromatic rings. The molecular formula is C15H14N4O4S2. The number of carbonyl (C=O) groups excluding carboxylic acids is 1. The Morgan fingerprint density at radius 3 is 2.56 bits per heavy atom. The van der Waals surface area contributed by atoms with Crippen LogP contribution in [0.2, 0.25) is 0 Å². The summed E-state index contributed by atoms with van der Waals surface area (Å²) in [6.07, 6.45) is 1.37. The maximum atomic E-state index is 12.5. The van der Waals surface area contributed by atoms with Gasteiger partial charge in [0.25, 0.3) is 5.91 Å². The van der Waals surface area contributed by atoms with Crippen molar-refractivity contribution < 1.29 is 17.9 Å². The molecular weight excluding hydrogens is 364 g/mol. The minimum Gasteiger partial charge on any atom is -0.379 e. The number of sulfonamides is 1. The number of benzene rings is 1. The van der Waals surface area contributed by atoms with Gasteiger partial charge in [0.2, 0.25) is 10.0 Å². The van der Waals surface area contributed by atoms with Gasteiger partial charge in [0, 0.05) is 18.7 Å². The summed E-state index contributed by atoms with van der Waals surface area (Å²) in [6, 6.07) is 7.64. The van der Waals surface area contributed by atoms with Crippen molar-refractivity contribution in [3.8, 4) is 6.07 Å². The van der Waals surface area contributed by atoms with Crippen molar-refractivity contribution >= 4 is 32.4 Å². The quantitative estimate of drug-likeness (QED) is 0.858. The number of nitriles is 1. The van der Waals surface area contributed by atoms with E-state index >= 15 is 0 Å². The highest BCUT2D eigenvalue weighted by Gasteiger charge is 2.26. The second-order valence-electron chi connectivity index (χ2n) is 5.14.